The van der Waals surface area contributed by atoms with Crippen LogP contribution in [0.15, 0.2) is 66.7 Å². The van der Waals surface area contributed by atoms with Crippen LogP contribution in [0.1, 0.15) is 15.9 Å². The van der Waals surface area contributed by atoms with Gasteiger partial charge in [0.15, 0.2) is 0 Å². The summed E-state index contributed by atoms with van der Waals surface area (Å²) in [5.74, 6) is -0.284. The smallest absolute Gasteiger partial charge is 0.259 e. The number of anilines is 1. The van der Waals surface area contributed by atoms with Crippen molar-refractivity contribution < 1.29 is 9.59 Å². The maximum Gasteiger partial charge on any atom is 0.259 e. The Morgan fingerprint density at radius 1 is 0.917 bits per heavy atom. The van der Waals surface area contributed by atoms with Gasteiger partial charge < -0.3 is 5.32 Å². The fourth-order valence-electron chi connectivity index (χ4n) is 3.13. The molecule has 0 atom stereocenters. The molecule has 4 heteroatoms. The predicted octanol–water partition coefficient (Wildman–Crippen LogP) is 3.12. The molecule has 24 heavy (non-hydrogen) atoms. The molecule has 2 amide bonds. The highest BCUT2D eigenvalue weighted by molar-refractivity contribution is 6.26. The first-order valence-electron chi connectivity index (χ1n) is 7.88. The van der Waals surface area contributed by atoms with Crippen molar-refractivity contribution in [3.8, 4) is 0 Å². The quantitative estimate of drug-likeness (QED) is 0.804. The predicted molar refractivity (Wildman–Crippen MR) is 93.9 cm³/mol. The Kier molecular flexibility index (Phi) is 3.50. The second kappa shape index (κ2) is 5.81. The fraction of sp³-hybridized carbons (Fsp3) is 0.100. The Bertz CT molecular complexity index is 930. The number of hydrogen-bond acceptors (Lipinski definition) is 2. The minimum atomic E-state index is -0.169. The van der Waals surface area contributed by atoms with Gasteiger partial charge in [0, 0.05) is 17.5 Å². The molecule has 0 saturated carbocycles. The molecule has 0 aromatic heterocycles. The van der Waals surface area contributed by atoms with Crippen LogP contribution in [0.2, 0.25) is 0 Å². The normalized spacial score (nSPS) is 12.7. The highest BCUT2D eigenvalue weighted by atomic mass is 16.2. The molecule has 0 aliphatic carbocycles. The van der Waals surface area contributed by atoms with Gasteiger partial charge in [0.25, 0.3) is 5.91 Å². The average molecular weight is 316 g/mol. The van der Waals surface area contributed by atoms with Gasteiger partial charge in [-0.25, -0.2) is 0 Å². The van der Waals surface area contributed by atoms with E-state index in [0.29, 0.717) is 12.1 Å². The van der Waals surface area contributed by atoms with Crippen molar-refractivity contribution in [1.29, 1.82) is 0 Å². The highest BCUT2D eigenvalue weighted by Crippen LogP contribution is 2.36. The van der Waals surface area contributed by atoms with E-state index in [9.17, 15) is 9.59 Å². The lowest BCUT2D eigenvalue weighted by Gasteiger charge is -2.17. The third-order valence-electron chi connectivity index (χ3n) is 4.28. The number of hydrogen-bond donors (Lipinski definition) is 1. The lowest BCUT2D eigenvalue weighted by atomic mass is 10.1. The SMILES string of the molecule is O=C(CN1C(=O)c2cccc3cccc1c23)NCc1ccccc1. The van der Waals surface area contributed by atoms with Crippen LogP contribution in [0.25, 0.3) is 10.8 Å². The average Bonchev–Trinajstić information content (AvgIpc) is 2.89. The van der Waals surface area contributed by atoms with Crippen molar-refractivity contribution >= 4 is 28.3 Å². The molecule has 4 rings (SSSR count). The molecular formula is C20H16N2O2. The van der Waals surface area contributed by atoms with E-state index >= 15 is 0 Å². The molecule has 1 N–H and O–H groups in total. The molecule has 1 heterocycles. The summed E-state index contributed by atoms with van der Waals surface area (Å²) in [6.07, 6.45) is 0. The maximum absolute atomic E-state index is 12.6. The number of nitrogens with zero attached hydrogens (tertiary/aromatic N) is 1. The van der Waals surface area contributed by atoms with Gasteiger partial charge in [0.2, 0.25) is 5.91 Å². The van der Waals surface area contributed by atoms with Crippen LogP contribution in [0.5, 0.6) is 0 Å². The second-order valence-electron chi connectivity index (χ2n) is 5.83. The zero-order chi connectivity index (χ0) is 16.5. The minimum Gasteiger partial charge on any atom is -0.350 e. The van der Waals surface area contributed by atoms with Crippen LogP contribution in [0, 0.1) is 0 Å². The number of amides is 2. The van der Waals surface area contributed by atoms with Gasteiger partial charge in [0.1, 0.15) is 6.54 Å². The first-order valence-corrected chi connectivity index (χ1v) is 7.88. The Morgan fingerprint density at radius 3 is 2.46 bits per heavy atom. The van der Waals surface area contributed by atoms with Crippen LogP contribution in [-0.4, -0.2) is 18.4 Å². The monoisotopic (exact) mass is 316 g/mol. The summed E-state index contributed by atoms with van der Waals surface area (Å²) in [5, 5.41) is 4.82. The Labute approximate surface area is 139 Å². The van der Waals surface area contributed by atoms with Gasteiger partial charge in [-0.1, -0.05) is 54.6 Å². The molecule has 1 aliphatic heterocycles. The van der Waals surface area contributed by atoms with E-state index in [1.807, 2.05) is 66.7 Å². The zero-order valence-electron chi connectivity index (χ0n) is 13.0. The third kappa shape index (κ3) is 2.42. The Morgan fingerprint density at radius 2 is 1.67 bits per heavy atom. The number of carbonyl (C=O) groups excluding carboxylic acids is 2. The van der Waals surface area contributed by atoms with Gasteiger partial charge in [-0.3, -0.25) is 14.5 Å². The van der Waals surface area contributed by atoms with E-state index < -0.39 is 0 Å². The Balaban J connectivity index is 1.53. The molecule has 0 bridgehead atoms. The molecule has 0 radical (unpaired) electrons. The van der Waals surface area contributed by atoms with Gasteiger partial charge in [0.05, 0.1) is 5.69 Å². The van der Waals surface area contributed by atoms with Crippen molar-refractivity contribution in [2.45, 2.75) is 6.54 Å². The van der Waals surface area contributed by atoms with E-state index in [4.69, 9.17) is 0 Å². The van der Waals surface area contributed by atoms with Crippen molar-refractivity contribution in [3.63, 3.8) is 0 Å². The molecule has 1 aliphatic rings. The van der Waals surface area contributed by atoms with E-state index in [-0.39, 0.29) is 18.4 Å². The summed E-state index contributed by atoms with van der Waals surface area (Å²) in [5.41, 5.74) is 2.51. The number of rotatable bonds is 4. The van der Waals surface area contributed by atoms with Crippen LogP contribution < -0.4 is 10.2 Å². The van der Waals surface area contributed by atoms with E-state index in [0.717, 1.165) is 22.0 Å². The zero-order valence-corrected chi connectivity index (χ0v) is 13.0. The summed E-state index contributed by atoms with van der Waals surface area (Å²) in [7, 11) is 0. The molecule has 4 nitrogen and oxygen atoms in total. The largest absolute Gasteiger partial charge is 0.350 e. The van der Waals surface area contributed by atoms with Gasteiger partial charge in [-0.05, 0) is 23.1 Å². The van der Waals surface area contributed by atoms with E-state index in [1.165, 1.54) is 0 Å². The van der Waals surface area contributed by atoms with Crippen molar-refractivity contribution in [3.05, 3.63) is 77.9 Å². The molecule has 0 spiro atoms. The number of benzene rings is 3. The third-order valence-corrected chi connectivity index (χ3v) is 4.28. The highest BCUT2D eigenvalue weighted by Gasteiger charge is 2.30. The standard InChI is InChI=1S/C20H16N2O2/c23-18(21-12-14-6-2-1-3-7-14)13-22-17-11-5-9-15-8-4-10-16(19(15)17)20(22)24/h1-11H,12-13H2,(H,21,23). The van der Waals surface area contributed by atoms with Crippen molar-refractivity contribution in [2.75, 3.05) is 11.4 Å². The fourth-order valence-corrected chi connectivity index (χ4v) is 3.13. The van der Waals surface area contributed by atoms with Gasteiger partial charge in [-0.15, -0.1) is 0 Å². The first-order chi connectivity index (χ1) is 11.7. The Hall–Kier alpha value is -3.14. The van der Waals surface area contributed by atoms with E-state index in [2.05, 4.69) is 5.32 Å². The van der Waals surface area contributed by atoms with Crippen molar-refractivity contribution in [2.24, 2.45) is 0 Å². The molecule has 3 aromatic rings. The van der Waals surface area contributed by atoms with Crippen LogP contribution in [0.4, 0.5) is 5.69 Å². The number of nitrogens with one attached hydrogen (secondary N) is 1. The van der Waals surface area contributed by atoms with Gasteiger partial charge in [-0.2, -0.15) is 0 Å². The molecule has 0 fully saturated rings. The summed E-state index contributed by atoms with van der Waals surface area (Å²) in [6.45, 7) is 0.484. The van der Waals surface area contributed by atoms with Crippen LogP contribution >= 0.6 is 0 Å². The lowest BCUT2D eigenvalue weighted by molar-refractivity contribution is -0.119. The lowest BCUT2D eigenvalue weighted by Crippen LogP contribution is -2.38. The first kappa shape index (κ1) is 14.5. The second-order valence-corrected chi connectivity index (χ2v) is 5.83. The summed E-state index contributed by atoms with van der Waals surface area (Å²) in [4.78, 5) is 26.5. The number of carbonyl (C=O) groups is 2. The molecule has 3 aromatic carbocycles. The van der Waals surface area contributed by atoms with Crippen molar-refractivity contribution in [1.82, 2.24) is 5.32 Å². The summed E-state index contributed by atoms with van der Waals surface area (Å²) >= 11 is 0. The van der Waals surface area contributed by atoms with Gasteiger partial charge >= 0.3 is 0 Å². The minimum absolute atomic E-state index is 0.0272. The maximum atomic E-state index is 12.6. The van der Waals surface area contributed by atoms with Crippen LogP contribution in [-0.2, 0) is 11.3 Å². The molecular weight excluding hydrogens is 300 g/mol. The van der Waals surface area contributed by atoms with Crippen LogP contribution in [0.3, 0.4) is 0 Å². The molecule has 0 unspecified atom stereocenters. The molecule has 118 valence electrons. The summed E-state index contributed by atoms with van der Waals surface area (Å²) in [6, 6.07) is 21.2. The molecule has 0 saturated heterocycles. The van der Waals surface area contributed by atoms with E-state index in [1.54, 1.807) is 4.90 Å². The topological polar surface area (TPSA) is 49.4 Å². The summed E-state index contributed by atoms with van der Waals surface area (Å²) < 4.78 is 0.